The number of rotatable bonds is 7. The summed E-state index contributed by atoms with van der Waals surface area (Å²) in [5.41, 5.74) is 11.3. The molecular weight excluding hydrogens is 693 g/mol. The molecule has 258 valence electrons. The van der Waals surface area contributed by atoms with Crippen LogP contribution in [0.3, 0.4) is 0 Å². The van der Waals surface area contributed by atoms with Gasteiger partial charge >= 0.3 is 0 Å². The molecule has 0 aliphatic carbocycles. The van der Waals surface area contributed by atoms with Crippen LogP contribution in [-0.4, -0.2) is 29.9 Å². The molecule has 0 saturated carbocycles. The van der Waals surface area contributed by atoms with E-state index in [1.54, 1.807) is 11.3 Å². The Bertz CT molecular complexity index is 2930. The molecule has 6 nitrogen and oxygen atoms in total. The highest BCUT2D eigenvalue weighted by Gasteiger charge is 2.15. The molecule has 0 saturated heterocycles. The lowest BCUT2D eigenvalue weighted by Gasteiger charge is -2.10. The summed E-state index contributed by atoms with van der Waals surface area (Å²) >= 11 is 1.61. The first-order valence-corrected chi connectivity index (χ1v) is 18.8. The highest BCUT2D eigenvalue weighted by atomic mass is 32.1. The number of hydrogen-bond donors (Lipinski definition) is 0. The van der Waals surface area contributed by atoms with Crippen LogP contribution in [0.4, 0.5) is 0 Å². The lowest BCUT2D eigenvalue weighted by Crippen LogP contribution is -2.00. The quantitative estimate of drug-likeness (QED) is 0.163. The molecule has 0 unspecified atom stereocenters. The predicted molar refractivity (Wildman–Crippen MR) is 224 cm³/mol. The largest absolute Gasteiger partial charge is 0.245 e. The van der Waals surface area contributed by atoms with Gasteiger partial charge in [0.1, 0.15) is 4.83 Å². The first-order valence-electron chi connectivity index (χ1n) is 18.0. The van der Waals surface area contributed by atoms with Crippen molar-refractivity contribution >= 4 is 31.8 Å². The second-order valence-electron chi connectivity index (χ2n) is 13.2. The maximum atomic E-state index is 5.05. The predicted octanol–water partition coefficient (Wildman–Crippen LogP) is 12.1. The van der Waals surface area contributed by atoms with Gasteiger partial charge in [0.25, 0.3) is 0 Å². The maximum absolute atomic E-state index is 5.05. The minimum atomic E-state index is 0.612. The Kier molecular flexibility index (Phi) is 8.24. The van der Waals surface area contributed by atoms with Crippen molar-refractivity contribution < 1.29 is 0 Å². The molecule has 0 amide bonds. The molecule has 55 heavy (non-hydrogen) atoms. The summed E-state index contributed by atoms with van der Waals surface area (Å²) in [6, 6.07) is 58.1. The minimum absolute atomic E-state index is 0.612. The van der Waals surface area contributed by atoms with Gasteiger partial charge in [0, 0.05) is 45.6 Å². The maximum Gasteiger partial charge on any atom is 0.164 e. The van der Waals surface area contributed by atoms with Crippen molar-refractivity contribution in [3.63, 3.8) is 0 Å². The Morgan fingerprint density at radius 3 is 1.18 bits per heavy atom. The van der Waals surface area contributed by atoms with Gasteiger partial charge in [-0.2, -0.15) is 0 Å². The van der Waals surface area contributed by atoms with Crippen molar-refractivity contribution in [2.24, 2.45) is 0 Å². The summed E-state index contributed by atoms with van der Waals surface area (Å²) in [5.74, 6) is 2.56. The summed E-state index contributed by atoms with van der Waals surface area (Å²) in [6.07, 6.45) is 3.84. The minimum Gasteiger partial charge on any atom is -0.245 e. The standard InChI is InChI=1S/C48H30N6S/c1-4-10-31(11-5-1)33-16-22-37(23-17-33)44-49-30-42-43(51-44)41-28-40(29-50-48(41)55-42)35-20-26-39(27-21-35)47-53-45(36-14-8-3-9-15-36)52-46(54-47)38-24-18-34(19-25-38)32-12-6-2-7-13-32/h1-30H. The van der Waals surface area contributed by atoms with E-state index in [2.05, 4.69) is 127 Å². The fourth-order valence-corrected chi connectivity index (χ4v) is 7.73. The molecule has 4 aromatic heterocycles. The van der Waals surface area contributed by atoms with Gasteiger partial charge in [0.2, 0.25) is 0 Å². The fraction of sp³-hybridized carbons (Fsp3) is 0. The van der Waals surface area contributed by atoms with Crippen LogP contribution in [0.2, 0.25) is 0 Å². The SMILES string of the molecule is c1ccc(-c2ccc(-c3nc(-c4ccccc4)nc(-c4ccc(-c5cnc6sc7cnc(-c8ccc(-c9ccccc9)cc8)nc7c6c5)cc4)n3)cc2)cc1. The van der Waals surface area contributed by atoms with Gasteiger partial charge < -0.3 is 0 Å². The number of benzene rings is 6. The van der Waals surface area contributed by atoms with Crippen molar-refractivity contribution in [2.75, 3.05) is 0 Å². The normalized spacial score (nSPS) is 11.3. The molecule has 0 bridgehead atoms. The summed E-state index contributed by atoms with van der Waals surface area (Å²) in [4.78, 5) is 30.4. The van der Waals surface area contributed by atoms with Crippen molar-refractivity contribution in [3.05, 3.63) is 182 Å². The van der Waals surface area contributed by atoms with E-state index < -0.39 is 0 Å². The molecule has 4 heterocycles. The Morgan fingerprint density at radius 2 is 0.691 bits per heavy atom. The van der Waals surface area contributed by atoms with Gasteiger partial charge in [-0.3, -0.25) is 0 Å². The van der Waals surface area contributed by atoms with Crippen LogP contribution in [0.25, 0.3) is 99.4 Å². The number of fused-ring (bicyclic) bond motifs is 3. The average Bonchev–Trinajstić information content (AvgIpc) is 3.65. The van der Waals surface area contributed by atoms with E-state index in [9.17, 15) is 0 Å². The van der Waals surface area contributed by atoms with Crippen LogP contribution in [0.5, 0.6) is 0 Å². The van der Waals surface area contributed by atoms with Crippen molar-refractivity contribution in [1.29, 1.82) is 0 Å². The molecule has 0 aliphatic rings. The summed E-state index contributed by atoms with van der Waals surface area (Å²) < 4.78 is 1.01. The highest BCUT2D eigenvalue weighted by molar-refractivity contribution is 7.25. The molecule has 7 heteroatoms. The van der Waals surface area contributed by atoms with E-state index in [1.807, 2.05) is 54.9 Å². The molecule has 0 radical (unpaired) electrons. The third kappa shape index (κ3) is 6.43. The van der Waals surface area contributed by atoms with E-state index in [1.165, 1.54) is 11.1 Å². The monoisotopic (exact) mass is 722 g/mol. The smallest absolute Gasteiger partial charge is 0.164 e. The first kappa shape index (κ1) is 32.4. The van der Waals surface area contributed by atoms with E-state index in [0.29, 0.717) is 23.3 Å². The van der Waals surface area contributed by atoms with Gasteiger partial charge in [-0.15, -0.1) is 11.3 Å². The molecule has 0 aliphatic heterocycles. The molecule has 0 spiro atoms. The highest BCUT2D eigenvalue weighted by Crippen LogP contribution is 2.36. The van der Waals surface area contributed by atoms with Crippen LogP contribution in [-0.2, 0) is 0 Å². The molecule has 10 aromatic rings. The number of hydrogen-bond acceptors (Lipinski definition) is 7. The van der Waals surface area contributed by atoms with E-state index in [4.69, 9.17) is 29.9 Å². The molecular formula is C48H30N6S. The Morgan fingerprint density at radius 1 is 0.309 bits per heavy atom. The number of pyridine rings is 1. The van der Waals surface area contributed by atoms with E-state index in [0.717, 1.165) is 64.9 Å². The Labute approximate surface area is 321 Å². The van der Waals surface area contributed by atoms with Gasteiger partial charge in [-0.05, 0) is 33.9 Å². The van der Waals surface area contributed by atoms with E-state index in [-0.39, 0.29) is 0 Å². The number of nitrogens with zero attached hydrogens (tertiary/aromatic N) is 6. The molecule has 0 N–H and O–H groups in total. The zero-order valence-corrected chi connectivity index (χ0v) is 30.2. The fourth-order valence-electron chi connectivity index (χ4n) is 6.79. The molecule has 10 rings (SSSR count). The van der Waals surface area contributed by atoms with Gasteiger partial charge in [-0.25, -0.2) is 29.9 Å². The van der Waals surface area contributed by atoms with Crippen LogP contribution in [0, 0.1) is 0 Å². The molecule has 0 fully saturated rings. The zero-order valence-electron chi connectivity index (χ0n) is 29.4. The number of thiophene rings is 1. The van der Waals surface area contributed by atoms with Crippen LogP contribution < -0.4 is 0 Å². The van der Waals surface area contributed by atoms with Crippen LogP contribution in [0.1, 0.15) is 0 Å². The third-order valence-electron chi connectivity index (χ3n) is 9.71. The van der Waals surface area contributed by atoms with Crippen LogP contribution in [0.15, 0.2) is 182 Å². The molecule has 0 atom stereocenters. The van der Waals surface area contributed by atoms with Gasteiger partial charge in [0.05, 0.1) is 10.2 Å². The average molecular weight is 723 g/mol. The van der Waals surface area contributed by atoms with Crippen molar-refractivity contribution in [1.82, 2.24) is 29.9 Å². The second-order valence-corrected chi connectivity index (χ2v) is 14.3. The van der Waals surface area contributed by atoms with E-state index >= 15 is 0 Å². The third-order valence-corrected chi connectivity index (χ3v) is 10.7. The topological polar surface area (TPSA) is 77.3 Å². The van der Waals surface area contributed by atoms with Gasteiger partial charge in [0.15, 0.2) is 23.3 Å². The van der Waals surface area contributed by atoms with Crippen LogP contribution >= 0.6 is 11.3 Å². The molecule has 6 aromatic carbocycles. The first-order chi connectivity index (χ1) is 27.2. The number of aromatic nitrogens is 6. The lowest BCUT2D eigenvalue weighted by molar-refractivity contribution is 1.07. The zero-order chi connectivity index (χ0) is 36.6. The summed E-state index contributed by atoms with van der Waals surface area (Å²) in [7, 11) is 0. The van der Waals surface area contributed by atoms with Crippen molar-refractivity contribution in [3.8, 4) is 78.9 Å². The Balaban J connectivity index is 0.973. The second kappa shape index (κ2) is 14.0. The Hall–Kier alpha value is -7.22. The van der Waals surface area contributed by atoms with Gasteiger partial charge in [-0.1, -0.05) is 164 Å². The summed E-state index contributed by atoms with van der Waals surface area (Å²) in [6.45, 7) is 0. The summed E-state index contributed by atoms with van der Waals surface area (Å²) in [5, 5.41) is 1.01. The van der Waals surface area contributed by atoms with Crippen molar-refractivity contribution in [2.45, 2.75) is 0 Å². The lowest BCUT2D eigenvalue weighted by atomic mass is 10.0.